The molecule has 0 amide bonds. The summed E-state index contributed by atoms with van der Waals surface area (Å²) in [6.07, 6.45) is 14.4. The van der Waals surface area contributed by atoms with Crippen LogP contribution in [-0.2, 0) is 21.0 Å². The van der Waals surface area contributed by atoms with Gasteiger partial charge < -0.3 is 19.3 Å². The van der Waals surface area contributed by atoms with Crippen LogP contribution in [0.3, 0.4) is 0 Å². The molecule has 6 heteroatoms. The van der Waals surface area contributed by atoms with Crippen LogP contribution in [0, 0.1) is 0 Å². The fourth-order valence-electron chi connectivity index (χ4n) is 12.8. The molecule has 1 aliphatic carbocycles. The Bertz CT molecular complexity index is 3510. The molecule has 69 heavy (non-hydrogen) atoms. The van der Waals surface area contributed by atoms with Crippen molar-refractivity contribution in [2.75, 3.05) is 37.0 Å². The predicted molar refractivity (Wildman–Crippen MR) is 288 cm³/mol. The van der Waals surface area contributed by atoms with Crippen LogP contribution in [0.5, 0.6) is 5.75 Å². The molecular formula is C63H61N4O2+. The lowest BCUT2D eigenvalue weighted by atomic mass is 9.77. The van der Waals surface area contributed by atoms with E-state index >= 15 is 0 Å². The predicted octanol–water partition coefficient (Wildman–Crippen LogP) is 14.7. The van der Waals surface area contributed by atoms with Crippen LogP contribution in [0.1, 0.15) is 77.5 Å². The first-order valence-electron chi connectivity index (χ1n) is 24.8. The van der Waals surface area contributed by atoms with Gasteiger partial charge in [-0.15, -0.1) is 0 Å². The Kier molecular flexibility index (Phi) is 9.80. The lowest BCUT2D eigenvalue weighted by Crippen LogP contribution is -2.62. The van der Waals surface area contributed by atoms with E-state index in [0.29, 0.717) is 13.2 Å². The third-order valence-corrected chi connectivity index (χ3v) is 16.4. The molecule has 0 saturated heterocycles. The summed E-state index contributed by atoms with van der Waals surface area (Å²) in [5.41, 5.74) is 11.9. The first kappa shape index (κ1) is 43.1. The van der Waals surface area contributed by atoms with Gasteiger partial charge in [0.15, 0.2) is 5.71 Å². The lowest BCUT2D eigenvalue weighted by molar-refractivity contribution is -0.401. The SMILES string of the molecule is CN1/C(=C/C=C2\CCCC(/C=C/C3=[N+](C)c4ccc5ccccc5c4C3(C)C)=C2OCCN2c3ccccc3C(C)(C)C23C=Nc2c(ccc4ccccc24)O3)C(C)(C)c2c1ccc1ccccc21. The Balaban J connectivity index is 0.930. The van der Waals surface area contributed by atoms with Crippen LogP contribution in [0.4, 0.5) is 22.7 Å². The van der Waals surface area contributed by atoms with E-state index in [9.17, 15) is 0 Å². The lowest BCUT2D eigenvalue weighted by Gasteiger charge is -2.46. The number of hydrogen-bond acceptors (Lipinski definition) is 5. The smallest absolute Gasteiger partial charge is 0.229 e. The minimum absolute atomic E-state index is 0.199. The summed E-state index contributed by atoms with van der Waals surface area (Å²) in [7, 11) is 4.44. The minimum atomic E-state index is -0.867. The Morgan fingerprint density at radius 1 is 0.667 bits per heavy atom. The molecule has 344 valence electrons. The highest BCUT2D eigenvalue weighted by molar-refractivity contribution is 6.08. The Hall–Kier alpha value is -7.18. The maximum absolute atomic E-state index is 7.31. The minimum Gasteiger partial charge on any atom is -0.491 e. The molecular weight excluding hydrogens is 845 g/mol. The van der Waals surface area contributed by atoms with Crippen molar-refractivity contribution in [3.8, 4) is 5.75 Å². The number of rotatable bonds is 7. The molecule has 0 saturated carbocycles. The molecule has 1 atom stereocenters. The molecule has 6 nitrogen and oxygen atoms in total. The maximum Gasteiger partial charge on any atom is 0.229 e. The van der Waals surface area contributed by atoms with E-state index in [4.69, 9.17) is 14.5 Å². The zero-order chi connectivity index (χ0) is 47.5. The molecule has 12 rings (SSSR count). The number of fused-ring (bicyclic) bond motifs is 10. The van der Waals surface area contributed by atoms with Crippen LogP contribution in [0.25, 0.3) is 32.3 Å². The van der Waals surface area contributed by atoms with Crippen LogP contribution >= 0.6 is 0 Å². The van der Waals surface area contributed by atoms with Crippen molar-refractivity contribution in [2.24, 2.45) is 4.99 Å². The Morgan fingerprint density at radius 3 is 2.09 bits per heavy atom. The molecule has 0 radical (unpaired) electrons. The summed E-state index contributed by atoms with van der Waals surface area (Å²) in [5, 5.41) is 7.43. The normalized spacial score (nSPS) is 21.9. The van der Waals surface area contributed by atoms with Crippen molar-refractivity contribution < 1.29 is 14.0 Å². The van der Waals surface area contributed by atoms with Gasteiger partial charge in [-0.2, -0.15) is 4.58 Å². The second kappa shape index (κ2) is 15.7. The van der Waals surface area contributed by atoms with Gasteiger partial charge in [0, 0.05) is 52.6 Å². The van der Waals surface area contributed by atoms with Crippen molar-refractivity contribution in [3.63, 3.8) is 0 Å². The topological polar surface area (TPSA) is 40.3 Å². The molecule has 5 aliphatic rings. The number of aliphatic imine (C=N–C) groups is 1. The fraction of sp³-hybridized carbons (Fsp3) is 0.270. The third kappa shape index (κ3) is 6.37. The number of likely N-dealkylation sites (N-methyl/N-ethyl adjacent to an activating group) is 1. The summed E-state index contributed by atoms with van der Waals surface area (Å²) in [6.45, 7) is 15.1. The maximum atomic E-state index is 7.31. The molecule has 0 fully saturated rings. The van der Waals surface area contributed by atoms with E-state index in [1.807, 2.05) is 0 Å². The molecule has 0 bridgehead atoms. The third-order valence-electron chi connectivity index (χ3n) is 16.4. The highest BCUT2D eigenvalue weighted by Crippen LogP contribution is 2.55. The fourth-order valence-corrected chi connectivity index (χ4v) is 12.8. The monoisotopic (exact) mass is 905 g/mol. The zero-order valence-corrected chi connectivity index (χ0v) is 41.2. The molecule has 7 aromatic rings. The van der Waals surface area contributed by atoms with Crippen LogP contribution in [0.15, 0.2) is 185 Å². The molecule has 0 aromatic heterocycles. The van der Waals surface area contributed by atoms with Gasteiger partial charge in [0.2, 0.25) is 11.4 Å². The van der Waals surface area contributed by atoms with E-state index in [-0.39, 0.29) is 10.8 Å². The van der Waals surface area contributed by atoms with Crippen molar-refractivity contribution in [2.45, 2.75) is 82.8 Å². The molecule has 0 N–H and O–H groups in total. The number of para-hydroxylation sites is 1. The van der Waals surface area contributed by atoms with E-state index in [1.165, 1.54) is 72.2 Å². The van der Waals surface area contributed by atoms with E-state index in [0.717, 1.165) is 52.9 Å². The molecule has 1 unspecified atom stereocenters. The van der Waals surface area contributed by atoms with E-state index in [1.54, 1.807) is 0 Å². The zero-order valence-electron chi connectivity index (χ0n) is 41.2. The Morgan fingerprint density at radius 2 is 1.32 bits per heavy atom. The number of ether oxygens (including phenoxy) is 2. The summed E-state index contributed by atoms with van der Waals surface area (Å²) in [4.78, 5) is 10.0. The van der Waals surface area contributed by atoms with Crippen molar-refractivity contribution >= 4 is 67.0 Å². The van der Waals surface area contributed by atoms with Gasteiger partial charge >= 0.3 is 0 Å². The van der Waals surface area contributed by atoms with E-state index in [2.05, 4.69) is 234 Å². The van der Waals surface area contributed by atoms with Gasteiger partial charge in [0.25, 0.3) is 0 Å². The number of nitrogens with zero attached hydrogens (tertiary/aromatic N) is 4. The number of anilines is 2. The van der Waals surface area contributed by atoms with Gasteiger partial charge in [0.05, 0.1) is 23.6 Å². The average molecular weight is 906 g/mol. The van der Waals surface area contributed by atoms with Crippen LogP contribution < -0.4 is 14.5 Å². The van der Waals surface area contributed by atoms with Crippen LogP contribution in [0.2, 0.25) is 0 Å². The van der Waals surface area contributed by atoms with Gasteiger partial charge in [-0.1, -0.05) is 123 Å². The van der Waals surface area contributed by atoms with Crippen molar-refractivity contribution in [1.82, 2.24) is 0 Å². The highest BCUT2D eigenvalue weighted by atomic mass is 16.5. The molecule has 1 spiro atoms. The molecule has 4 heterocycles. The van der Waals surface area contributed by atoms with Crippen molar-refractivity contribution in [1.29, 1.82) is 0 Å². The average Bonchev–Trinajstić information content (AvgIpc) is 3.77. The summed E-state index contributed by atoms with van der Waals surface area (Å²) >= 11 is 0. The van der Waals surface area contributed by atoms with Crippen LogP contribution in [-0.4, -0.2) is 49.5 Å². The largest absolute Gasteiger partial charge is 0.491 e. The second-order valence-electron chi connectivity index (χ2n) is 21.2. The highest BCUT2D eigenvalue weighted by Gasteiger charge is 2.59. The van der Waals surface area contributed by atoms with Crippen molar-refractivity contribution in [3.05, 3.63) is 197 Å². The molecule has 4 aliphatic heterocycles. The number of hydrogen-bond donors (Lipinski definition) is 0. The summed E-state index contributed by atoms with van der Waals surface area (Å²) in [6, 6.07) is 48.1. The van der Waals surface area contributed by atoms with E-state index < -0.39 is 11.1 Å². The molecule has 7 aromatic carbocycles. The number of allylic oxidation sites excluding steroid dienone is 7. The Labute approximate surface area is 406 Å². The van der Waals surface area contributed by atoms with Gasteiger partial charge in [-0.05, 0) is 133 Å². The summed E-state index contributed by atoms with van der Waals surface area (Å²) in [5.74, 6) is 1.78. The first-order valence-corrected chi connectivity index (χ1v) is 24.8. The van der Waals surface area contributed by atoms with Gasteiger partial charge in [-0.3, -0.25) is 4.99 Å². The summed E-state index contributed by atoms with van der Waals surface area (Å²) < 4.78 is 17.0. The first-order chi connectivity index (χ1) is 33.3. The number of benzene rings is 7. The standard InChI is InChI=1S/C63H61N4O2/c1-60(2)54(65(7)51-33-28-41-18-9-12-23-46(41)56(51)60)36-31-44-21-17-22-45(32-37-55-61(3,4)57-47-24-13-10-19-42(47)29-34-52(57)66(55)8)59(44)68-39-38-67-50-27-16-15-26-49(50)62(5,6)63(67)40-64-58-48-25-14-11-20-43(48)30-35-53(58)69-63/h9-16,18-20,23-37,40H,17,21-22,38-39H2,1-8H3/q+1. The van der Waals surface area contributed by atoms with Gasteiger partial charge in [-0.25, -0.2) is 0 Å². The second-order valence-corrected chi connectivity index (χ2v) is 21.2. The quantitative estimate of drug-likeness (QED) is 0.149. The van der Waals surface area contributed by atoms with Gasteiger partial charge in [0.1, 0.15) is 30.9 Å².